The number of rotatable bonds is 4. The van der Waals surface area contributed by atoms with Crippen molar-refractivity contribution < 1.29 is 0 Å². The van der Waals surface area contributed by atoms with Crippen LogP contribution in [0.1, 0.15) is 23.1 Å². The summed E-state index contributed by atoms with van der Waals surface area (Å²) in [5, 5.41) is 14.1. The van der Waals surface area contributed by atoms with Crippen LogP contribution in [0.3, 0.4) is 0 Å². The lowest BCUT2D eigenvalue weighted by molar-refractivity contribution is 0.285. The van der Waals surface area contributed by atoms with E-state index in [1.807, 2.05) is 37.3 Å². The molecule has 1 aliphatic heterocycles. The van der Waals surface area contributed by atoms with Crippen molar-refractivity contribution in [2.45, 2.75) is 19.9 Å². The first kappa shape index (κ1) is 22.3. The molecule has 0 bridgehead atoms. The lowest BCUT2D eigenvalue weighted by atomic mass is 10.1. The summed E-state index contributed by atoms with van der Waals surface area (Å²) < 4.78 is 1.28. The third-order valence-electron chi connectivity index (χ3n) is 5.72. The van der Waals surface area contributed by atoms with E-state index in [1.165, 1.54) is 10.2 Å². The van der Waals surface area contributed by atoms with Crippen molar-refractivity contribution in [2.24, 2.45) is 0 Å². The van der Waals surface area contributed by atoms with Crippen LogP contribution < -0.4 is 10.5 Å². The molecule has 1 fully saturated rings. The van der Waals surface area contributed by atoms with Crippen molar-refractivity contribution in [3.8, 4) is 11.8 Å². The second kappa shape index (κ2) is 9.74. The monoisotopic (exact) mass is 467 g/mol. The van der Waals surface area contributed by atoms with Gasteiger partial charge in [0, 0.05) is 37.7 Å². The number of halogens is 2. The summed E-state index contributed by atoms with van der Waals surface area (Å²) in [6.07, 6.45) is 2.61. The van der Waals surface area contributed by atoms with Gasteiger partial charge in [0.1, 0.15) is 5.02 Å². The molecule has 4 rings (SSSR count). The van der Waals surface area contributed by atoms with E-state index in [0.29, 0.717) is 22.0 Å². The Kier molecular flexibility index (Phi) is 6.80. The molecular weight excluding hydrogens is 445 g/mol. The molecule has 6 nitrogen and oxygen atoms in total. The lowest BCUT2D eigenvalue weighted by Gasteiger charge is -2.24. The van der Waals surface area contributed by atoms with Crippen molar-refractivity contribution in [3.63, 3.8) is 0 Å². The van der Waals surface area contributed by atoms with E-state index in [4.69, 9.17) is 28.5 Å². The van der Waals surface area contributed by atoms with Gasteiger partial charge in [0.25, 0.3) is 5.56 Å². The van der Waals surface area contributed by atoms with E-state index in [2.05, 4.69) is 21.0 Å². The Morgan fingerprint density at radius 3 is 2.56 bits per heavy atom. The summed E-state index contributed by atoms with van der Waals surface area (Å²) in [5.41, 5.74) is 3.66. The second-order valence-corrected chi connectivity index (χ2v) is 8.70. The summed E-state index contributed by atoms with van der Waals surface area (Å²) in [6, 6.07) is 15.2. The maximum atomic E-state index is 12.9. The number of anilines is 1. The zero-order valence-electron chi connectivity index (χ0n) is 17.8. The summed E-state index contributed by atoms with van der Waals surface area (Å²) in [5.74, 6) is 0. The number of nitrogens with zero attached hydrogens (tertiary/aromatic N) is 5. The number of nitriles is 1. The van der Waals surface area contributed by atoms with Crippen LogP contribution in [0.2, 0.25) is 10.0 Å². The smallest absolute Gasteiger partial charge is 0.292 e. The minimum Gasteiger partial charge on any atom is -0.368 e. The second-order valence-electron chi connectivity index (χ2n) is 7.92. The fourth-order valence-corrected chi connectivity index (χ4v) is 4.28. The van der Waals surface area contributed by atoms with Gasteiger partial charge in [0.2, 0.25) is 0 Å². The van der Waals surface area contributed by atoms with Gasteiger partial charge in [-0.1, -0.05) is 41.4 Å². The zero-order valence-corrected chi connectivity index (χ0v) is 19.3. The first-order valence-electron chi connectivity index (χ1n) is 10.5. The van der Waals surface area contributed by atoms with Crippen LogP contribution in [0, 0.1) is 18.3 Å². The average Bonchev–Trinajstić information content (AvgIpc) is 3.03. The number of aryl methyl sites for hydroxylation is 1. The molecule has 0 spiro atoms. The third-order valence-corrected chi connectivity index (χ3v) is 6.48. The number of aromatic nitrogens is 2. The lowest BCUT2D eigenvalue weighted by Crippen LogP contribution is -2.32. The minimum absolute atomic E-state index is 0.164. The molecule has 0 aliphatic carbocycles. The summed E-state index contributed by atoms with van der Waals surface area (Å²) in [6.45, 7) is 6.06. The van der Waals surface area contributed by atoms with Crippen LogP contribution in [0.5, 0.6) is 0 Å². The maximum absolute atomic E-state index is 12.9. The average molecular weight is 468 g/mol. The molecule has 0 N–H and O–H groups in total. The summed E-state index contributed by atoms with van der Waals surface area (Å²) >= 11 is 12.7. The van der Waals surface area contributed by atoms with Gasteiger partial charge >= 0.3 is 0 Å². The molecular formula is C24H23Cl2N5O. The van der Waals surface area contributed by atoms with Crippen LogP contribution in [-0.2, 0) is 6.54 Å². The molecule has 1 saturated heterocycles. The normalized spacial score (nSPS) is 14.8. The van der Waals surface area contributed by atoms with Gasteiger partial charge in [0.15, 0.2) is 0 Å². The predicted molar refractivity (Wildman–Crippen MR) is 128 cm³/mol. The molecule has 0 amide bonds. The molecule has 3 aromatic rings. The fraction of sp³-hybridized carbons (Fsp3) is 0.292. The standard InChI is InChI=1S/C24H23Cl2N5O/c1-17-3-8-20(13-21(17)25)31-24(32)23(26)22(15-28-31)30-10-2-9-29(11-12-30)16-19-6-4-18(14-27)5-7-19/h3-8,13,15H,2,9-12,16H2,1H3. The molecule has 0 atom stereocenters. The van der Waals surface area contributed by atoms with Crippen LogP contribution in [0.25, 0.3) is 5.69 Å². The van der Waals surface area contributed by atoms with Gasteiger partial charge in [-0.05, 0) is 48.7 Å². The Morgan fingerprint density at radius 2 is 1.84 bits per heavy atom. The molecule has 0 radical (unpaired) electrons. The zero-order chi connectivity index (χ0) is 22.7. The molecule has 0 saturated carbocycles. The number of hydrogen-bond acceptors (Lipinski definition) is 5. The highest BCUT2D eigenvalue weighted by Crippen LogP contribution is 2.24. The highest BCUT2D eigenvalue weighted by molar-refractivity contribution is 6.33. The van der Waals surface area contributed by atoms with Gasteiger partial charge in [-0.3, -0.25) is 9.69 Å². The Balaban J connectivity index is 1.49. The summed E-state index contributed by atoms with van der Waals surface area (Å²) in [7, 11) is 0. The highest BCUT2D eigenvalue weighted by Gasteiger charge is 2.20. The first-order valence-corrected chi connectivity index (χ1v) is 11.2. The SMILES string of the molecule is Cc1ccc(-n2ncc(N3CCCN(Cc4ccc(C#N)cc4)CC3)c(Cl)c2=O)cc1Cl. The van der Waals surface area contributed by atoms with Crippen LogP contribution in [0.4, 0.5) is 5.69 Å². The van der Waals surface area contributed by atoms with Crippen molar-refractivity contribution in [1.82, 2.24) is 14.7 Å². The topological polar surface area (TPSA) is 65.2 Å². The molecule has 0 unspecified atom stereocenters. The maximum Gasteiger partial charge on any atom is 0.292 e. The van der Waals surface area contributed by atoms with Crippen molar-refractivity contribution >= 4 is 28.9 Å². The number of benzene rings is 2. The summed E-state index contributed by atoms with van der Waals surface area (Å²) in [4.78, 5) is 17.4. The molecule has 1 aliphatic rings. The van der Waals surface area contributed by atoms with Gasteiger partial charge in [0.05, 0.1) is 29.2 Å². The van der Waals surface area contributed by atoms with Crippen molar-refractivity contribution in [1.29, 1.82) is 5.26 Å². The van der Waals surface area contributed by atoms with E-state index in [0.717, 1.165) is 44.7 Å². The Labute approximate surface area is 197 Å². The van der Waals surface area contributed by atoms with Gasteiger partial charge in [-0.25, -0.2) is 0 Å². The highest BCUT2D eigenvalue weighted by atomic mass is 35.5. The third kappa shape index (κ3) is 4.81. The Morgan fingerprint density at radius 1 is 1.06 bits per heavy atom. The predicted octanol–water partition coefficient (Wildman–Crippen LogP) is 4.43. The van der Waals surface area contributed by atoms with Crippen molar-refractivity contribution in [2.75, 3.05) is 31.1 Å². The van der Waals surface area contributed by atoms with Crippen LogP contribution >= 0.6 is 23.2 Å². The molecule has 1 aromatic heterocycles. The molecule has 2 heterocycles. The minimum atomic E-state index is -0.359. The van der Waals surface area contributed by atoms with E-state index in [1.54, 1.807) is 18.3 Å². The van der Waals surface area contributed by atoms with E-state index in [9.17, 15) is 4.79 Å². The first-order chi connectivity index (χ1) is 15.5. The van der Waals surface area contributed by atoms with Crippen LogP contribution in [-0.4, -0.2) is 40.9 Å². The van der Waals surface area contributed by atoms with E-state index in [-0.39, 0.29) is 10.6 Å². The number of hydrogen-bond donors (Lipinski definition) is 0. The molecule has 2 aromatic carbocycles. The van der Waals surface area contributed by atoms with Crippen molar-refractivity contribution in [3.05, 3.63) is 85.8 Å². The largest absolute Gasteiger partial charge is 0.368 e. The van der Waals surface area contributed by atoms with Crippen LogP contribution in [0.15, 0.2) is 53.5 Å². The molecule has 164 valence electrons. The molecule has 32 heavy (non-hydrogen) atoms. The van der Waals surface area contributed by atoms with Gasteiger partial charge in [-0.2, -0.15) is 15.0 Å². The van der Waals surface area contributed by atoms with Gasteiger partial charge in [-0.15, -0.1) is 0 Å². The van der Waals surface area contributed by atoms with E-state index < -0.39 is 0 Å². The van der Waals surface area contributed by atoms with Gasteiger partial charge < -0.3 is 4.90 Å². The Hall–Kier alpha value is -2.85. The van der Waals surface area contributed by atoms with E-state index >= 15 is 0 Å². The fourth-order valence-electron chi connectivity index (χ4n) is 3.85. The Bertz CT molecular complexity index is 1220. The molecule has 8 heteroatoms. The quantitative estimate of drug-likeness (QED) is 0.567.